The molecule has 4 rings (SSSR count). The molecule has 0 radical (unpaired) electrons. The average molecular weight is 262 g/mol. The number of benzene rings is 2. The van der Waals surface area contributed by atoms with Gasteiger partial charge in [0.2, 0.25) is 0 Å². The highest BCUT2D eigenvalue weighted by Gasteiger charge is 2.32. The van der Waals surface area contributed by atoms with Crippen LogP contribution in [0.4, 0.5) is 0 Å². The van der Waals surface area contributed by atoms with Crippen molar-refractivity contribution in [1.82, 2.24) is 0 Å². The van der Waals surface area contributed by atoms with Crippen molar-refractivity contribution in [3.05, 3.63) is 70.5 Å². The zero-order valence-electron chi connectivity index (χ0n) is 10.8. The van der Waals surface area contributed by atoms with Gasteiger partial charge in [0, 0.05) is 22.1 Å². The van der Waals surface area contributed by atoms with Crippen LogP contribution >= 0.6 is 0 Å². The van der Waals surface area contributed by atoms with E-state index in [0.717, 1.165) is 11.1 Å². The Morgan fingerprint density at radius 3 is 2.30 bits per heavy atom. The van der Waals surface area contributed by atoms with Gasteiger partial charge in [0.1, 0.15) is 11.3 Å². The molecule has 3 nitrogen and oxygen atoms in total. The molecule has 0 N–H and O–H groups in total. The van der Waals surface area contributed by atoms with Crippen LogP contribution in [0.15, 0.2) is 46.9 Å². The van der Waals surface area contributed by atoms with Gasteiger partial charge in [-0.2, -0.15) is 0 Å². The van der Waals surface area contributed by atoms with Crippen LogP contribution in [0.3, 0.4) is 0 Å². The van der Waals surface area contributed by atoms with Gasteiger partial charge >= 0.3 is 0 Å². The second kappa shape index (κ2) is 3.67. The molecule has 96 valence electrons. The first-order chi connectivity index (χ1) is 9.66. The molecule has 0 saturated heterocycles. The molecule has 2 aromatic carbocycles. The van der Waals surface area contributed by atoms with Crippen LogP contribution in [0.25, 0.3) is 11.0 Å². The standard InChI is InChI=1S/C17H10O3/c1-9-8-10-6-7-13-14(17(10)20-9)16(19)12-5-3-2-4-11(12)15(13)18/h2-8H,1H3. The van der Waals surface area contributed by atoms with Crippen LogP contribution in [0.2, 0.25) is 0 Å². The Balaban J connectivity index is 2.13. The zero-order chi connectivity index (χ0) is 13.9. The third kappa shape index (κ3) is 1.29. The Morgan fingerprint density at radius 2 is 1.55 bits per heavy atom. The van der Waals surface area contributed by atoms with E-state index in [1.165, 1.54) is 0 Å². The summed E-state index contributed by atoms with van der Waals surface area (Å²) in [5, 5.41) is 0.849. The first-order valence-electron chi connectivity index (χ1n) is 6.38. The number of carbonyl (C=O) groups is 2. The summed E-state index contributed by atoms with van der Waals surface area (Å²) in [7, 11) is 0. The molecule has 0 fully saturated rings. The average Bonchev–Trinajstić information content (AvgIpc) is 2.84. The van der Waals surface area contributed by atoms with Gasteiger partial charge in [-0.15, -0.1) is 0 Å². The number of hydrogen-bond donors (Lipinski definition) is 0. The fourth-order valence-corrected chi connectivity index (χ4v) is 2.81. The molecule has 0 aliphatic heterocycles. The second-order valence-electron chi connectivity index (χ2n) is 4.97. The molecule has 0 atom stereocenters. The lowest BCUT2D eigenvalue weighted by atomic mass is 9.83. The molecular formula is C17H10O3. The van der Waals surface area contributed by atoms with E-state index in [1.54, 1.807) is 30.3 Å². The fourth-order valence-electron chi connectivity index (χ4n) is 2.81. The summed E-state index contributed by atoms with van der Waals surface area (Å²) in [5.74, 6) is 0.466. The van der Waals surface area contributed by atoms with E-state index in [2.05, 4.69) is 0 Å². The normalized spacial score (nSPS) is 13.4. The van der Waals surface area contributed by atoms with Crippen molar-refractivity contribution in [3.8, 4) is 0 Å². The Hall–Kier alpha value is -2.68. The molecular weight excluding hydrogens is 252 g/mol. The summed E-state index contributed by atoms with van der Waals surface area (Å²) in [6.45, 7) is 1.83. The van der Waals surface area contributed by atoms with E-state index in [1.807, 2.05) is 19.1 Å². The molecule has 0 saturated carbocycles. The SMILES string of the molecule is Cc1cc2ccc3c(c2o1)C(=O)c1ccccc1C3=O. The van der Waals surface area contributed by atoms with E-state index in [0.29, 0.717) is 27.8 Å². The van der Waals surface area contributed by atoms with Gasteiger partial charge in [0.25, 0.3) is 0 Å². The molecule has 1 aliphatic carbocycles. The summed E-state index contributed by atoms with van der Waals surface area (Å²) < 4.78 is 5.63. The molecule has 3 heteroatoms. The van der Waals surface area contributed by atoms with E-state index >= 15 is 0 Å². The summed E-state index contributed by atoms with van der Waals surface area (Å²) in [4.78, 5) is 25.2. The fraction of sp³-hybridized carbons (Fsp3) is 0.0588. The molecule has 1 heterocycles. The Kier molecular flexibility index (Phi) is 2.05. The van der Waals surface area contributed by atoms with Crippen LogP contribution in [0.5, 0.6) is 0 Å². The summed E-state index contributed by atoms with van der Waals surface area (Å²) >= 11 is 0. The number of carbonyl (C=O) groups excluding carboxylic acids is 2. The molecule has 0 spiro atoms. The van der Waals surface area contributed by atoms with Crippen molar-refractivity contribution in [3.63, 3.8) is 0 Å². The smallest absolute Gasteiger partial charge is 0.198 e. The van der Waals surface area contributed by atoms with E-state index in [4.69, 9.17) is 4.42 Å². The highest BCUT2D eigenvalue weighted by molar-refractivity contribution is 6.31. The minimum Gasteiger partial charge on any atom is -0.461 e. The topological polar surface area (TPSA) is 47.3 Å². The lowest BCUT2D eigenvalue weighted by Gasteiger charge is -2.17. The van der Waals surface area contributed by atoms with Crippen molar-refractivity contribution < 1.29 is 14.0 Å². The Bertz CT molecular complexity index is 900. The largest absolute Gasteiger partial charge is 0.461 e. The Labute approximate surface area is 114 Å². The predicted molar refractivity (Wildman–Crippen MR) is 74.3 cm³/mol. The summed E-state index contributed by atoms with van der Waals surface area (Å²) in [5.41, 5.74) is 2.24. The van der Waals surface area contributed by atoms with Crippen LogP contribution in [-0.2, 0) is 0 Å². The summed E-state index contributed by atoms with van der Waals surface area (Å²) in [6.07, 6.45) is 0. The third-order valence-corrected chi connectivity index (χ3v) is 3.70. The second-order valence-corrected chi connectivity index (χ2v) is 4.97. The minimum atomic E-state index is -0.143. The van der Waals surface area contributed by atoms with Gasteiger partial charge in [-0.1, -0.05) is 30.3 Å². The van der Waals surface area contributed by atoms with Gasteiger partial charge in [0.15, 0.2) is 11.6 Å². The highest BCUT2D eigenvalue weighted by atomic mass is 16.3. The van der Waals surface area contributed by atoms with Gasteiger partial charge in [0.05, 0.1) is 5.56 Å². The van der Waals surface area contributed by atoms with Gasteiger partial charge in [-0.25, -0.2) is 0 Å². The molecule has 0 amide bonds. The lowest BCUT2D eigenvalue weighted by Crippen LogP contribution is -2.20. The number of aryl methyl sites for hydroxylation is 1. The molecule has 1 aliphatic rings. The van der Waals surface area contributed by atoms with Crippen molar-refractivity contribution in [2.45, 2.75) is 6.92 Å². The quantitative estimate of drug-likeness (QED) is 0.487. The van der Waals surface area contributed by atoms with Crippen LogP contribution in [0, 0.1) is 6.92 Å². The first-order valence-corrected chi connectivity index (χ1v) is 6.38. The summed E-state index contributed by atoms with van der Waals surface area (Å²) in [6, 6.07) is 12.3. The van der Waals surface area contributed by atoms with Gasteiger partial charge in [-0.3, -0.25) is 9.59 Å². The highest BCUT2D eigenvalue weighted by Crippen LogP contribution is 2.33. The molecule has 20 heavy (non-hydrogen) atoms. The van der Waals surface area contributed by atoms with Crippen molar-refractivity contribution in [2.24, 2.45) is 0 Å². The van der Waals surface area contributed by atoms with Crippen LogP contribution in [-0.4, -0.2) is 11.6 Å². The molecule has 3 aromatic rings. The molecule has 0 bridgehead atoms. The van der Waals surface area contributed by atoms with Crippen LogP contribution < -0.4 is 0 Å². The maximum Gasteiger partial charge on any atom is 0.198 e. The Morgan fingerprint density at radius 1 is 0.850 bits per heavy atom. The third-order valence-electron chi connectivity index (χ3n) is 3.70. The van der Waals surface area contributed by atoms with Crippen LogP contribution in [0.1, 0.15) is 37.6 Å². The van der Waals surface area contributed by atoms with Crippen molar-refractivity contribution in [2.75, 3.05) is 0 Å². The zero-order valence-corrected chi connectivity index (χ0v) is 10.8. The first kappa shape index (κ1) is 11.2. The molecule has 0 unspecified atom stereocenters. The predicted octanol–water partition coefficient (Wildman–Crippen LogP) is 3.52. The van der Waals surface area contributed by atoms with E-state index in [9.17, 15) is 9.59 Å². The van der Waals surface area contributed by atoms with E-state index in [-0.39, 0.29) is 11.6 Å². The maximum absolute atomic E-state index is 12.7. The van der Waals surface area contributed by atoms with E-state index < -0.39 is 0 Å². The monoisotopic (exact) mass is 262 g/mol. The number of rotatable bonds is 0. The number of ketones is 2. The number of hydrogen-bond acceptors (Lipinski definition) is 3. The van der Waals surface area contributed by atoms with Crippen molar-refractivity contribution >= 4 is 22.5 Å². The molecule has 1 aromatic heterocycles. The van der Waals surface area contributed by atoms with Gasteiger partial charge < -0.3 is 4.42 Å². The maximum atomic E-state index is 12.7. The number of fused-ring (bicyclic) bond motifs is 4. The van der Waals surface area contributed by atoms with Crippen molar-refractivity contribution in [1.29, 1.82) is 0 Å². The lowest BCUT2D eigenvalue weighted by molar-refractivity contribution is 0.0979. The van der Waals surface area contributed by atoms with Gasteiger partial charge in [-0.05, 0) is 19.1 Å². The number of furan rings is 1. The minimum absolute atomic E-state index is 0.119.